The maximum Gasteiger partial charge on any atom is 0.410 e. The van der Waals surface area contributed by atoms with Gasteiger partial charge in [0.15, 0.2) is 0 Å². The fourth-order valence-electron chi connectivity index (χ4n) is 2.85. The normalized spacial score (nSPS) is 16.3. The van der Waals surface area contributed by atoms with Crippen LogP contribution in [-0.4, -0.2) is 40.6 Å². The molecular weight excluding hydrogens is 330 g/mol. The molecule has 2 heterocycles. The molecule has 2 rings (SSSR count). The van der Waals surface area contributed by atoms with Crippen molar-refractivity contribution in [2.75, 3.05) is 18.4 Å². The van der Waals surface area contributed by atoms with Crippen LogP contribution in [0.3, 0.4) is 0 Å². The molecule has 1 aromatic heterocycles. The predicted molar refractivity (Wildman–Crippen MR) is 102 cm³/mol. The first-order valence-corrected chi connectivity index (χ1v) is 9.21. The Morgan fingerprint density at radius 2 is 1.77 bits per heavy atom. The van der Waals surface area contributed by atoms with Gasteiger partial charge in [-0.05, 0) is 51.2 Å². The third-order valence-electron chi connectivity index (χ3n) is 4.34. The van der Waals surface area contributed by atoms with E-state index in [2.05, 4.69) is 10.3 Å². The molecule has 0 bridgehead atoms. The van der Waals surface area contributed by atoms with E-state index in [-0.39, 0.29) is 17.9 Å². The molecule has 0 saturated carbocycles. The van der Waals surface area contributed by atoms with Crippen molar-refractivity contribution in [2.45, 2.75) is 65.9 Å². The Labute approximate surface area is 156 Å². The van der Waals surface area contributed by atoms with Gasteiger partial charge >= 0.3 is 6.09 Å². The number of carbonyl (C=O) groups excluding carboxylic acids is 2. The summed E-state index contributed by atoms with van der Waals surface area (Å²) in [6.07, 6.45) is 3.08. The lowest BCUT2D eigenvalue weighted by atomic mass is 9.89. The van der Waals surface area contributed by atoms with Crippen molar-refractivity contribution in [3.63, 3.8) is 0 Å². The minimum absolute atomic E-state index is 0.0522. The number of likely N-dealkylation sites (tertiary alicyclic amines) is 1. The second kappa shape index (κ2) is 7.64. The highest BCUT2D eigenvalue weighted by molar-refractivity contribution is 5.94. The molecule has 144 valence electrons. The maximum atomic E-state index is 12.3. The van der Waals surface area contributed by atoms with E-state index in [1.165, 1.54) is 0 Å². The van der Waals surface area contributed by atoms with Crippen LogP contribution in [0.2, 0.25) is 0 Å². The molecule has 6 nitrogen and oxygen atoms in total. The van der Waals surface area contributed by atoms with Crippen LogP contribution in [-0.2, 0) is 9.53 Å². The van der Waals surface area contributed by atoms with Gasteiger partial charge in [0.1, 0.15) is 11.4 Å². The van der Waals surface area contributed by atoms with E-state index in [4.69, 9.17) is 4.74 Å². The number of hydrogen-bond acceptors (Lipinski definition) is 4. The highest BCUT2D eigenvalue weighted by atomic mass is 16.6. The molecule has 6 heteroatoms. The number of nitrogens with zero attached hydrogens (tertiary/aromatic N) is 2. The monoisotopic (exact) mass is 361 g/mol. The van der Waals surface area contributed by atoms with E-state index in [9.17, 15) is 9.59 Å². The summed E-state index contributed by atoms with van der Waals surface area (Å²) in [5.41, 5.74) is 0.0743. The first-order valence-electron chi connectivity index (χ1n) is 9.21. The first kappa shape index (κ1) is 20.2. The van der Waals surface area contributed by atoms with Crippen LogP contribution < -0.4 is 5.32 Å². The fraction of sp³-hybridized carbons (Fsp3) is 0.650. The minimum atomic E-state index is -0.484. The van der Waals surface area contributed by atoms with E-state index in [1.807, 2.05) is 53.7 Å². The van der Waals surface area contributed by atoms with Crippen LogP contribution in [0.15, 0.2) is 18.3 Å². The van der Waals surface area contributed by atoms with Gasteiger partial charge < -0.3 is 15.0 Å². The largest absolute Gasteiger partial charge is 0.444 e. The molecule has 0 aliphatic carbocycles. The number of carbonyl (C=O) groups is 2. The van der Waals surface area contributed by atoms with E-state index in [1.54, 1.807) is 11.1 Å². The summed E-state index contributed by atoms with van der Waals surface area (Å²) in [4.78, 5) is 30.7. The number of ether oxygens (including phenoxy) is 1. The van der Waals surface area contributed by atoms with Crippen LogP contribution in [0.5, 0.6) is 0 Å². The zero-order chi connectivity index (χ0) is 19.5. The van der Waals surface area contributed by atoms with Crippen molar-refractivity contribution in [3.05, 3.63) is 23.9 Å². The van der Waals surface area contributed by atoms with Crippen LogP contribution in [0.4, 0.5) is 10.6 Å². The molecule has 0 radical (unpaired) electrons. The maximum absolute atomic E-state index is 12.3. The van der Waals surface area contributed by atoms with Gasteiger partial charge in [0, 0.05) is 24.7 Å². The van der Waals surface area contributed by atoms with Crippen LogP contribution >= 0.6 is 0 Å². The molecule has 0 unspecified atom stereocenters. The molecule has 1 fully saturated rings. The van der Waals surface area contributed by atoms with Crippen molar-refractivity contribution in [1.82, 2.24) is 9.88 Å². The molecule has 0 spiro atoms. The second-order valence-corrected chi connectivity index (χ2v) is 8.89. The SMILES string of the molecule is CC(C)(C)OC(=O)N1CCC(c2cccnc2NC(=O)C(C)(C)C)CC1. The topological polar surface area (TPSA) is 71.5 Å². The number of aromatic nitrogens is 1. The molecule has 1 aliphatic heterocycles. The number of pyridine rings is 1. The summed E-state index contributed by atoms with van der Waals surface area (Å²) >= 11 is 0. The average molecular weight is 361 g/mol. The molecule has 1 saturated heterocycles. The minimum Gasteiger partial charge on any atom is -0.444 e. The van der Waals surface area contributed by atoms with Gasteiger partial charge in [-0.1, -0.05) is 26.8 Å². The third kappa shape index (κ3) is 5.44. The van der Waals surface area contributed by atoms with Crippen molar-refractivity contribution >= 4 is 17.8 Å². The Hall–Kier alpha value is -2.11. The fourth-order valence-corrected chi connectivity index (χ4v) is 2.85. The van der Waals surface area contributed by atoms with Crippen molar-refractivity contribution in [3.8, 4) is 0 Å². The highest BCUT2D eigenvalue weighted by Gasteiger charge is 2.29. The van der Waals surface area contributed by atoms with Gasteiger partial charge in [-0.3, -0.25) is 4.79 Å². The standard InChI is InChI=1S/C20H31N3O3/c1-19(2,3)17(24)22-16-15(8-7-11-21-16)14-9-12-23(13-10-14)18(25)26-20(4,5)6/h7-8,11,14H,9-10,12-13H2,1-6H3,(H,21,22,24). The van der Waals surface area contributed by atoms with Gasteiger partial charge in [0.05, 0.1) is 0 Å². The number of piperidine rings is 1. The van der Waals surface area contributed by atoms with E-state index >= 15 is 0 Å². The molecule has 1 N–H and O–H groups in total. The predicted octanol–water partition coefficient (Wildman–Crippen LogP) is 4.18. The highest BCUT2D eigenvalue weighted by Crippen LogP contribution is 2.33. The number of nitrogens with one attached hydrogen (secondary N) is 1. The summed E-state index contributed by atoms with van der Waals surface area (Å²) < 4.78 is 5.45. The molecular formula is C20H31N3O3. The van der Waals surface area contributed by atoms with Gasteiger partial charge in [-0.25, -0.2) is 9.78 Å². The number of anilines is 1. The molecule has 0 atom stereocenters. The van der Waals surface area contributed by atoms with Gasteiger partial charge in [0.25, 0.3) is 0 Å². The van der Waals surface area contributed by atoms with E-state index in [0.29, 0.717) is 18.9 Å². The lowest BCUT2D eigenvalue weighted by Gasteiger charge is -2.34. The second-order valence-electron chi connectivity index (χ2n) is 8.89. The Morgan fingerprint density at radius 1 is 1.15 bits per heavy atom. The van der Waals surface area contributed by atoms with Gasteiger partial charge in [-0.15, -0.1) is 0 Å². The zero-order valence-electron chi connectivity index (χ0n) is 16.8. The smallest absolute Gasteiger partial charge is 0.410 e. The Balaban J connectivity index is 2.04. The van der Waals surface area contributed by atoms with Gasteiger partial charge in [-0.2, -0.15) is 0 Å². The Kier molecular flexibility index (Phi) is 5.94. The summed E-state index contributed by atoms with van der Waals surface area (Å²) in [6.45, 7) is 12.5. The van der Waals surface area contributed by atoms with Crippen molar-refractivity contribution in [2.24, 2.45) is 5.41 Å². The summed E-state index contributed by atoms with van der Waals surface area (Å²) in [6, 6.07) is 3.90. The lowest BCUT2D eigenvalue weighted by molar-refractivity contribution is -0.123. The van der Waals surface area contributed by atoms with E-state index < -0.39 is 11.0 Å². The third-order valence-corrected chi connectivity index (χ3v) is 4.34. The van der Waals surface area contributed by atoms with Crippen molar-refractivity contribution < 1.29 is 14.3 Å². The van der Waals surface area contributed by atoms with Crippen LogP contribution in [0.25, 0.3) is 0 Å². The lowest BCUT2D eigenvalue weighted by Crippen LogP contribution is -2.41. The van der Waals surface area contributed by atoms with E-state index in [0.717, 1.165) is 18.4 Å². The summed E-state index contributed by atoms with van der Waals surface area (Å²) in [7, 11) is 0. The van der Waals surface area contributed by atoms with Gasteiger partial charge in [0.2, 0.25) is 5.91 Å². The number of rotatable bonds is 2. The Bertz CT molecular complexity index is 651. The molecule has 26 heavy (non-hydrogen) atoms. The quantitative estimate of drug-likeness (QED) is 0.858. The van der Waals surface area contributed by atoms with Crippen molar-refractivity contribution in [1.29, 1.82) is 0 Å². The molecule has 1 aliphatic rings. The Morgan fingerprint density at radius 3 is 2.31 bits per heavy atom. The number of amides is 2. The molecule has 2 amide bonds. The summed E-state index contributed by atoms with van der Waals surface area (Å²) in [5.74, 6) is 0.837. The number of hydrogen-bond donors (Lipinski definition) is 1. The van der Waals surface area contributed by atoms with Crippen LogP contribution in [0.1, 0.15) is 65.9 Å². The first-order chi connectivity index (χ1) is 12.0. The van der Waals surface area contributed by atoms with Crippen LogP contribution in [0, 0.1) is 5.41 Å². The summed E-state index contributed by atoms with van der Waals surface area (Å²) in [5, 5.41) is 2.96. The molecule has 0 aromatic carbocycles. The zero-order valence-corrected chi connectivity index (χ0v) is 16.8. The average Bonchev–Trinajstić information content (AvgIpc) is 2.53. The molecule has 1 aromatic rings.